The van der Waals surface area contributed by atoms with Crippen LogP contribution in [0.4, 0.5) is 13.2 Å². The summed E-state index contributed by atoms with van der Waals surface area (Å²) in [4.78, 5) is 0. The average molecular weight is 276 g/mol. The van der Waals surface area contributed by atoms with Gasteiger partial charge >= 0.3 is 6.18 Å². The molecular formula is C17H15F3. The number of allylic oxidation sites excluding steroid dienone is 2. The van der Waals surface area contributed by atoms with Crippen LogP contribution in [0.25, 0.3) is 11.1 Å². The Kier molecular flexibility index (Phi) is 3.98. The number of hydrogen-bond donors (Lipinski definition) is 0. The molecule has 0 saturated heterocycles. The minimum absolute atomic E-state index is 0.193. The van der Waals surface area contributed by atoms with E-state index >= 15 is 0 Å². The normalized spacial score (nSPS) is 13.1. The highest BCUT2D eigenvalue weighted by Gasteiger charge is 2.36. The van der Waals surface area contributed by atoms with Gasteiger partial charge in [-0.1, -0.05) is 60.2 Å². The Labute approximate surface area is 116 Å². The van der Waals surface area contributed by atoms with Crippen LogP contribution in [0.2, 0.25) is 0 Å². The summed E-state index contributed by atoms with van der Waals surface area (Å²) in [6.45, 7) is 3.42. The van der Waals surface area contributed by atoms with Gasteiger partial charge in [0.1, 0.15) is 0 Å². The molecule has 0 aromatic heterocycles. The molecule has 0 heterocycles. The van der Waals surface area contributed by atoms with E-state index in [0.29, 0.717) is 5.56 Å². The van der Waals surface area contributed by atoms with Gasteiger partial charge in [0.25, 0.3) is 0 Å². The second-order valence-electron chi connectivity index (χ2n) is 4.73. The van der Waals surface area contributed by atoms with Crippen molar-refractivity contribution in [2.45, 2.75) is 20.0 Å². The second kappa shape index (κ2) is 5.53. The van der Waals surface area contributed by atoms with Crippen molar-refractivity contribution < 1.29 is 13.2 Å². The van der Waals surface area contributed by atoms with Crippen LogP contribution in [-0.4, -0.2) is 6.18 Å². The Morgan fingerprint density at radius 2 is 1.35 bits per heavy atom. The topological polar surface area (TPSA) is 0 Å². The van der Waals surface area contributed by atoms with Crippen molar-refractivity contribution in [3.05, 3.63) is 71.3 Å². The smallest absolute Gasteiger partial charge is 0.166 e. The highest BCUT2D eigenvalue weighted by Crippen LogP contribution is 2.39. The molecule has 0 N–H and O–H groups in total. The van der Waals surface area contributed by atoms with E-state index < -0.39 is 11.7 Å². The highest BCUT2D eigenvalue weighted by atomic mass is 19.4. The maximum absolute atomic E-state index is 13.4. The third-order valence-corrected chi connectivity index (χ3v) is 3.21. The SMILES string of the molecule is C/C(=C(\c1ccccc1)C(F)(F)F)c1ccc(C)cc1. The number of rotatable bonds is 2. The Morgan fingerprint density at radius 1 is 0.800 bits per heavy atom. The number of alkyl halides is 3. The zero-order valence-electron chi connectivity index (χ0n) is 11.3. The van der Waals surface area contributed by atoms with Crippen molar-refractivity contribution in [1.29, 1.82) is 0 Å². The Morgan fingerprint density at radius 3 is 1.85 bits per heavy atom. The molecule has 3 heteroatoms. The molecular weight excluding hydrogens is 261 g/mol. The lowest BCUT2D eigenvalue weighted by atomic mass is 9.95. The average Bonchev–Trinajstić information content (AvgIpc) is 2.39. The zero-order chi connectivity index (χ0) is 14.8. The van der Waals surface area contributed by atoms with Gasteiger partial charge in [-0.05, 0) is 30.5 Å². The molecule has 0 bridgehead atoms. The van der Waals surface area contributed by atoms with Gasteiger partial charge in [0, 0.05) is 0 Å². The first-order chi connectivity index (χ1) is 9.39. The van der Waals surface area contributed by atoms with Gasteiger partial charge in [-0.15, -0.1) is 0 Å². The Hall–Kier alpha value is -2.03. The summed E-state index contributed by atoms with van der Waals surface area (Å²) in [6, 6.07) is 15.0. The molecule has 0 aliphatic heterocycles. The second-order valence-corrected chi connectivity index (χ2v) is 4.73. The lowest BCUT2D eigenvalue weighted by molar-refractivity contribution is -0.0685. The first-order valence-corrected chi connectivity index (χ1v) is 6.30. The fourth-order valence-corrected chi connectivity index (χ4v) is 2.15. The van der Waals surface area contributed by atoms with Crippen molar-refractivity contribution in [3.8, 4) is 0 Å². The predicted molar refractivity (Wildman–Crippen MR) is 76.2 cm³/mol. The summed E-state index contributed by atoms with van der Waals surface area (Å²) in [7, 11) is 0. The lowest BCUT2D eigenvalue weighted by Crippen LogP contribution is -2.12. The van der Waals surface area contributed by atoms with E-state index in [-0.39, 0.29) is 11.1 Å². The van der Waals surface area contributed by atoms with E-state index in [1.165, 1.54) is 19.1 Å². The molecule has 0 saturated carbocycles. The summed E-state index contributed by atoms with van der Waals surface area (Å²) in [6.07, 6.45) is -4.38. The van der Waals surface area contributed by atoms with Crippen LogP contribution >= 0.6 is 0 Å². The number of aryl methyl sites for hydroxylation is 1. The molecule has 0 aliphatic carbocycles. The molecule has 104 valence electrons. The van der Waals surface area contributed by atoms with Crippen LogP contribution in [0, 0.1) is 6.92 Å². The van der Waals surface area contributed by atoms with E-state index in [1.807, 2.05) is 19.1 Å². The van der Waals surface area contributed by atoms with E-state index in [4.69, 9.17) is 0 Å². The van der Waals surface area contributed by atoms with Crippen LogP contribution in [-0.2, 0) is 0 Å². The van der Waals surface area contributed by atoms with Gasteiger partial charge in [0.2, 0.25) is 0 Å². The molecule has 20 heavy (non-hydrogen) atoms. The molecule has 0 amide bonds. The number of hydrogen-bond acceptors (Lipinski definition) is 0. The maximum Gasteiger partial charge on any atom is 0.417 e. The van der Waals surface area contributed by atoms with Crippen LogP contribution in [0.1, 0.15) is 23.6 Å². The fraction of sp³-hybridized carbons (Fsp3) is 0.176. The van der Waals surface area contributed by atoms with Crippen molar-refractivity contribution in [2.24, 2.45) is 0 Å². The fourth-order valence-electron chi connectivity index (χ4n) is 2.15. The molecule has 0 atom stereocenters. The molecule has 2 aromatic carbocycles. The van der Waals surface area contributed by atoms with Gasteiger partial charge in [-0.3, -0.25) is 0 Å². The highest BCUT2D eigenvalue weighted by molar-refractivity contribution is 5.92. The molecule has 0 radical (unpaired) electrons. The van der Waals surface area contributed by atoms with Crippen molar-refractivity contribution in [1.82, 2.24) is 0 Å². The van der Waals surface area contributed by atoms with Crippen molar-refractivity contribution in [3.63, 3.8) is 0 Å². The minimum Gasteiger partial charge on any atom is -0.166 e. The van der Waals surface area contributed by atoms with Crippen molar-refractivity contribution in [2.75, 3.05) is 0 Å². The number of benzene rings is 2. The minimum atomic E-state index is -4.38. The van der Waals surface area contributed by atoms with Crippen molar-refractivity contribution >= 4 is 11.1 Å². The molecule has 0 unspecified atom stereocenters. The molecule has 0 spiro atoms. The van der Waals surface area contributed by atoms with Gasteiger partial charge in [-0.25, -0.2) is 0 Å². The van der Waals surface area contributed by atoms with Crippen LogP contribution in [0.15, 0.2) is 54.6 Å². The maximum atomic E-state index is 13.4. The molecule has 0 fully saturated rings. The summed E-state index contributed by atoms with van der Waals surface area (Å²) in [5.74, 6) is 0. The van der Waals surface area contributed by atoms with E-state index in [1.54, 1.807) is 30.3 Å². The third kappa shape index (κ3) is 3.10. The van der Waals surface area contributed by atoms with Gasteiger partial charge in [-0.2, -0.15) is 13.2 Å². The van der Waals surface area contributed by atoms with E-state index in [0.717, 1.165) is 5.56 Å². The predicted octanol–water partition coefficient (Wildman–Crippen LogP) is 5.49. The van der Waals surface area contributed by atoms with Gasteiger partial charge < -0.3 is 0 Å². The van der Waals surface area contributed by atoms with E-state index in [2.05, 4.69) is 0 Å². The van der Waals surface area contributed by atoms with Crippen LogP contribution < -0.4 is 0 Å². The first-order valence-electron chi connectivity index (χ1n) is 6.30. The standard InChI is InChI=1S/C17H15F3/c1-12-8-10-14(11-9-12)13(2)16(17(18,19)20)15-6-4-3-5-7-15/h3-11H,1-2H3/b16-13-. The summed E-state index contributed by atoms with van der Waals surface area (Å²) in [5, 5.41) is 0. The quantitative estimate of drug-likeness (QED) is 0.636. The van der Waals surface area contributed by atoms with E-state index in [9.17, 15) is 13.2 Å². The monoisotopic (exact) mass is 276 g/mol. The largest absolute Gasteiger partial charge is 0.417 e. The summed E-state index contributed by atoms with van der Waals surface area (Å²) < 4.78 is 40.1. The zero-order valence-corrected chi connectivity index (χ0v) is 11.3. The van der Waals surface area contributed by atoms with Crippen LogP contribution in [0.5, 0.6) is 0 Å². The molecule has 0 nitrogen and oxygen atoms in total. The summed E-state index contributed by atoms with van der Waals surface area (Å²) in [5.41, 5.74) is 1.46. The molecule has 2 rings (SSSR count). The third-order valence-electron chi connectivity index (χ3n) is 3.21. The Balaban J connectivity index is 2.61. The first kappa shape index (κ1) is 14.4. The Bertz CT molecular complexity index is 605. The lowest BCUT2D eigenvalue weighted by Gasteiger charge is -2.16. The van der Waals surface area contributed by atoms with Gasteiger partial charge in [0.05, 0.1) is 5.57 Å². The molecule has 2 aromatic rings. The summed E-state index contributed by atoms with van der Waals surface area (Å²) >= 11 is 0. The van der Waals surface area contributed by atoms with Crippen LogP contribution in [0.3, 0.4) is 0 Å². The number of halogens is 3. The molecule has 0 aliphatic rings. The van der Waals surface area contributed by atoms with Gasteiger partial charge in [0.15, 0.2) is 0 Å².